The molecule has 0 aromatic rings. The van der Waals surface area contributed by atoms with Crippen molar-refractivity contribution in [1.82, 2.24) is 5.32 Å². The number of aliphatic hydroxyl groups excluding tert-OH is 2. The van der Waals surface area contributed by atoms with Gasteiger partial charge in [0.1, 0.15) is 0 Å². The number of rotatable bonds is 25. The maximum atomic E-state index is 12.2. The Morgan fingerprint density at radius 3 is 1.86 bits per heavy atom. The van der Waals surface area contributed by atoms with E-state index < -0.39 is 12.1 Å². The predicted octanol–water partition coefficient (Wildman–Crippen LogP) is 8.11. The SMILES string of the molecule is CCC/C=C/CC/C=C/C(O)C(CO)NC(=O)CCCCCCCCC/C=C\C/C=C\CCCCC. The first-order valence-corrected chi connectivity index (χ1v) is 14.9. The third-order valence-corrected chi connectivity index (χ3v) is 6.27. The number of carbonyl (C=O) groups is 1. The van der Waals surface area contributed by atoms with Crippen molar-refractivity contribution in [3.63, 3.8) is 0 Å². The van der Waals surface area contributed by atoms with E-state index in [1.807, 2.05) is 6.08 Å². The molecule has 0 saturated heterocycles. The summed E-state index contributed by atoms with van der Waals surface area (Å²) in [4.78, 5) is 12.2. The van der Waals surface area contributed by atoms with E-state index in [-0.39, 0.29) is 12.5 Å². The molecule has 4 heteroatoms. The van der Waals surface area contributed by atoms with Crippen molar-refractivity contribution < 1.29 is 15.0 Å². The largest absolute Gasteiger partial charge is 0.394 e. The quantitative estimate of drug-likeness (QED) is 0.0870. The first kappa shape index (κ1) is 34.4. The Labute approximate surface area is 223 Å². The molecule has 0 radical (unpaired) electrons. The monoisotopic (exact) mass is 503 g/mol. The van der Waals surface area contributed by atoms with Crippen LogP contribution >= 0.6 is 0 Å². The molecule has 36 heavy (non-hydrogen) atoms. The molecule has 3 N–H and O–H groups in total. The van der Waals surface area contributed by atoms with E-state index in [4.69, 9.17) is 0 Å². The van der Waals surface area contributed by atoms with Gasteiger partial charge in [-0.3, -0.25) is 4.79 Å². The Bertz CT molecular complexity index is 594. The third-order valence-electron chi connectivity index (χ3n) is 6.27. The van der Waals surface area contributed by atoms with E-state index >= 15 is 0 Å². The normalized spacial score (nSPS) is 14.0. The molecule has 0 heterocycles. The van der Waals surface area contributed by atoms with Gasteiger partial charge >= 0.3 is 0 Å². The maximum absolute atomic E-state index is 12.2. The summed E-state index contributed by atoms with van der Waals surface area (Å²) in [6.07, 6.45) is 36.2. The molecule has 0 aliphatic rings. The van der Waals surface area contributed by atoms with Gasteiger partial charge in [-0.2, -0.15) is 0 Å². The van der Waals surface area contributed by atoms with Crippen molar-refractivity contribution in [3.8, 4) is 0 Å². The number of hydrogen-bond acceptors (Lipinski definition) is 3. The molecule has 0 aliphatic heterocycles. The van der Waals surface area contributed by atoms with Crippen LogP contribution in [0.4, 0.5) is 0 Å². The number of amides is 1. The molecule has 0 fully saturated rings. The van der Waals surface area contributed by atoms with Crippen molar-refractivity contribution in [2.75, 3.05) is 6.61 Å². The Morgan fingerprint density at radius 2 is 1.22 bits per heavy atom. The minimum atomic E-state index is -0.861. The molecule has 2 atom stereocenters. The van der Waals surface area contributed by atoms with Crippen LogP contribution < -0.4 is 5.32 Å². The summed E-state index contributed by atoms with van der Waals surface area (Å²) in [6.45, 7) is 4.13. The molecule has 0 saturated carbocycles. The van der Waals surface area contributed by atoms with Crippen molar-refractivity contribution in [2.24, 2.45) is 0 Å². The molecule has 0 aromatic carbocycles. The predicted molar refractivity (Wildman–Crippen MR) is 156 cm³/mol. The van der Waals surface area contributed by atoms with Crippen molar-refractivity contribution >= 4 is 5.91 Å². The van der Waals surface area contributed by atoms with Crippen molar-refractivity contribution in [2.45, 2.75) is 142 Å². The Hall–Kier alpha value is -1.65. The molecule has 0 spiro atoms. The average Bonchev–Trinajstić information content (AvgIpc) is 2.88. The second kappa shape index (κ2) is 27.9. The van der Waals surface area contributed by atoms with Crippen LogP contribution in [0.2, 0.25) is 0 Å². The fourth-order valence-electron chi connectivity index (χ4n) is 3.93. The van der Waals surface area contributed by atoms with E-state index in [1.165, 1.54) is 57.8 Å². The van der Waals surface area contributed by atoms with Gasteiger partial charge in [0.25, 0.3) is 0 Å². The van der Waals surface area contributed by atoms with Gasteiger partial charge in [0.2, 0.25) is 5.91 Å². The van der Waals surface area contributed by atoms with Gasteiger partial charge in [0.15, 0.2) is 0 Å². The van der Waals surface area contributed by atoms with Gasteiger partial charge in [0.05, 0.1) is 18.8 Å². The lowest BCUT2D eigenvalue weighted by atomic mass is 10.1. The maximum Gasteiger partial charge on any atom is 0.220 e. The number of aliphatic hydroxyl groups is 2. The van der Waals surface area contributed by atoms with E-state index in [1.54, 1.807) is 6.08 Å². The van der Waals surface area contributed by atoms with E-state index in [0.717, 1.165) is 51.4 Å². The van der Waals surface area contributed by atoms with Gasteiger partial charge in [-0.15, -0.1) is 0 Å². The summed E-state index contributed by atoms with van der Waals surface area (Å²) >= 11 is 0. The van der Waals surface area contributed by atoms with Crippen LogP contribution in [0.15, 0.2) is 48.6 Å². The molecule has 4 nitrogen and oxygen atoms in total. The molecule has 208 valence electrons. The highest BCUT2D eigenvalue weighted by Gasteiger charge is 2.17. The van der Waals surface area contributed by atoms with Gasteiger partial charge in [-0.05, 0) is 57.8 Å². The number of carbonyl (C=O) groups excluding carboxylic acids is 1. The minimum absolute atomic E-state index is 0.0911. The van der Waals surface area contributed by atoms with Gasteiger partial charge < -0.3 is 15.5 Å². The summed E-state index contributed by atoms with van der Waals surface area (Å²) in [7, 11) is 0. The Morgan fingerprint density at radius 1 is 0.667 bits per heavy atom. The lowest BCUT2D eigenvalue weighted by Crippen LogP contribution is -2.45. The second-order valence-electron chi connectivity index (χ2n) is 9.80. The molecule has 0 rings (SSSR count). The highest BCUT2D eigenvalue weighted by molar-refractivity contribution is 5.76. The summed E-state index contributed by atoms with van der Waals surface area (Å²) in [6, 6.07) is -0.639. The molecule has 0 aromatic heterocycles. The molecule has 0 bridgehead atoms. The Kier molecular flexibility index (Phi) is 26.6. The zero-order valence-corrected chi connectivity index (χ0v) is 23.5. The van der Waals surface area contributed by atoms with Gasteiger partial charge in [-0.1, -0.05) is 114 Å². The molecule has 2 unspecified atom stereocenters. The summed E-state index contributed by atoms with van der Waals surface area (Å²) in [5.41, 5.74) is 0. The molecular formula is C32H57NO3. The van der Waals surface area contributed by atoms with Crippen LogP contribution in [0.1, 0.15) is 129 Å². The molecular weight excluding hydrogens is 446 g/mol. The highest BCUT2D eigenvalue weighted by Crippen LogP contribution is 2.11. The number of allylic oxidation sites excluding steroid dienone is 7. The van der Waals surface area contributed by atoms with Crippen LogP contribution in [0.3, 0.4) is 0 Å². The fraction of sp³-hybridized carbons (Fsp3) is 0.719. The Balaban J connectivity index is 3.68. The van der Waals surface area contributed by atoms with E-state index in [9.17, 15) is 15.0 Å². The standard InChI is InChI=1S/C32H57NO3/c1-3-5-7-9-11-12-13-14-15-16-17-18-19-20-22-24-26-28-32(36)33-30(29-34)31(35)27-25-23-21-10-8-6-4-2/h8,10-12,14-15,25,27,30-31,34-35H,3-7,9,13,16-24,26,28-29H2,1-2H3,(H,33,36)/b10-8+,12-11-,15-14-,27-25+. The molecule has 1 amide bonds. The zero-order chi connectivity index (χ0) is 26.5. The number of hydrogen-bond donors (Lipinski definition) is 3. The summed E-state index contributed by atoms with van der Waals surface area (Å²) < 4.78 is 0. The first-order chi connectivity index (χ1) is 17.7. The van der Waals surface area contributed by atoms with Crippen LogP contribution in [0, 0.1) is 0 Å². The van der Waals surface area contributed by atoms with Crippen molar-refractivity contribution in [1.29, 1.82) is 0 Å². The average molecular weight is 504 g/mol. The van der Waals surface area contributed by atoms with Crippen LogP contribution in [0.25, 0.3) is 0 Å². The van der Waals surface area contributed by atoms with Crippen molar-refractivity contribution in [3.05, 3.63) is 48.6 Å². The van der Waals surface area contributed by atoms with Crippen LogP contribution in [0.5, 0.6) is 0 Å². The summed E-state index contributed by atoms with van der Waals surface area (Å²) in [5.74, 6) is -0.0911. The third kappa shape index (κ3) is 24.1. The van der Waals surface area contributed by atoms with E-state index in [2.05, 4.69) is 55.6 Å². The smallest absolute Gasteiger partial charge is 0.220 e. The van der Waals surface area contributed by atoms with Gasteiger partial charge in [-0.25, -0.2) is 0 Å². The zero-order valence-electron chi connectivity index (χ0n) is 23.5. The lowest BCUT2D eigenvalue weighted by molar-refractivity contribution is -0.123. The van der Waals surface area contributed by atoms with Crippen LogP contribution in [-0.2, 0) is 4.79 Å². The summed E-state index contributed by atoms with van der Waals surface area (Å²) in [5, 5.41) is 22.5. The number of unbranched alkanes of at least 4 members (excludes halogenated alkanes) is 12. The van der Waals surface area contributed by atoms with E-state index in [0.29, 0.717) is 6.42 Å². The molecule has 0 aliphatic carbocycles. The minimum Gasteiger partial charge on any atom is -0.394 e. The van der Waals surface area contributed by atoms with Crippen LogP contribution in [-0.4, -0.2) is 34.9 Å². The number of nitrogens with one attached hydrogen (secondary N) is 1. The van der Waals surface area contributed by atoms with Gasteiger partial charge in [0, 0.05) is 6.42 Å². The topological polar surface area (TPSA) is 69.6 Å². The highest BCUT2D eigenvalue weighted by atomic mass is 16.3. The second-order valence-corrected chi connectivity index (χ2v) is 9.80. The first-order valence-electron chi connectivity index (χ1n) is 14.9. The fourth-order valence-corrected chi connectivity index (χ4v) is 3.93. The lowest BCUT2D eigenvalue weighted by Gasteiger charge is -2.19.